The molecule has 3 nitrogen and oxygen atoms in total. The molecule has 0 heterocycles. The van der Waals surface area contributed by atoms with Crippen molar-refractivity contribution in [3.05, 3.63) is 0 Å². The summed E-state index contributed by atoms with van der Waals surface area (Å²) in [6.07, 6.45) is 12.5. The van der Waals surface area contributed by atoms with E-state index in [-0.39, 0.29) is 6.10 Å². The second-order valence-corrected chi connectivity index (χ2v) is 11.2. The molecule has 154 valence electrons. The fourth-order valence-electron chi connectivity index (χ4n) is 8.78. The summed E-state index contributed by atoms with van der Waals surface area (Å²) in [6, 6.07) is 0. The van der Waals surface area contributed by atoms with E-state index in [0.717, 1.165) is 18.8 Å². The Morgan fingerprint density at radius 1 is 1.04 bits per heavy atom. The molecule has 3 heteroatoms. The zero-order valence-corrected chi connectivity index (χ0v) is 17.6. The smallest absolute Gasteiger partial charge is 0.303 e. The maximum absolute atomic E-state index is 11.2. The first-order valence-electron chi connectivity index (χ1n) is 11.7. The van der Waals surface area contributed by atoms with Gasteiger partial charge < -0.3 is 10.2 Å². The summed E-state index contributed by atoms with van der Waals surface area (Å²) in [7, 11) is 0. The van der Waals surface area contributed by atoms with Crippen LogP contribution >= 0.6 is 0 Å². The Labute approximate surface area is 165 Å². The van der Waals surface area contributed by atoms with Crippen LogP contribution in [0.4, 0.5) is 0 Å². The summed E-state index contributed by atoms with van der Waals surface area (Å²) in [6.45, 7) is 7.33. The van der Waals surface area contributed by atoms with Gasteiger partial charge in [-0.15, -0.1) is 0 Å². The van der Waals surface area contributed by atoms with E-state index in [2.05, 4.69) is 20.8 Å². The van der Waals surface area contributed by atoms with Gasteiger partial charge in [-0.25, -0.2) is 0 Å². The Morgan fingerprint density at radius 2 is 1.78 bits per heavy atom. The summed E-state index contributed by atoms with van der Waals surface area (Å²) in [5, 5.41) is 20.3. The van der Waals surface area contributed by atoms with Gasteiger partial charge in [-0.3, -0.25) is 4.79 Å². The molecule has 0 aliphatic heterocycles. The SMILES string of the molecule is C[C@H](CCC(=O)O)[C@H]1CC[C@H]2[C@H]3[C@H](O)C[C@@H]4CCCC[C@]4(C)[C@H]3CC[C@]12C. The molecule has 4 fully saturated rings. The number of aliphatic hydroxyl groups excluding tert-OH is 1. The van der Waals surface area contributed by atoms with E-state index in [1.165, 1.54) is 51.4 Å². The monoisotopic (exact) mass is 376 g/mol. The average Bonchev–Trinajstić information content (AvgIpc) is 2.97. The predicted molar refractivity (Wildman–Crippen MR) is 107 cm³/mol. The highest BCUT2D eigenvalue weighted by Gasteiger charge is 2.62. The number of aliphatic hydroxyl groups is 1. The molecule has 4 aliphatic rings. The van der Waals surface area contributed by atoms with Gasteiger partial charge >= 0.3 is 5.97 Å². The van der Waals surface area contributed by atoms with Gasteiger partial charge in [0, 0.05) is 6.42 Å². The molecule has 0 bridgehead atoms. The van der Waals surface area contributed by atoms with Crippen LogP contribution in [0.5, 0.6) is 0 Å². The molecule has 27 heavy (non-hydrogen) atoms. The molecule has 0 amide bonds. The van der Waals surface area contributed by atoms with Crippen molar-refractivity contribution in [2.24, 2.45) is 46.3 Å². The van der Waals surface area contributed by atoms with Crippen molar-refractivity contribution < 1.29 is 15.0 Å². The van der Waals surface area contributed by atoms with Gasteiger partial charge in [-0.1, -0.05) is 33.6 Å². The minimum absolute atomic E-state index is 0.108. The molecule has 0 saturated heterocycles. The van der Waals surface area contributed by atoms with Gasteiger partial charge in [0.05, 0.1) is 6.10 Å². The van der Waals surface area contributed by atoms with E-state index < -0.39 is 5.97 Å². The minimum Gasteiger partial charge on any atom is -0.481 e. The van der Waals surface area contributed by atoms with Crippen LogP contribution in [0.3, 0.4) is 0 Å². The Bertz CT molecular complexity index is 574. The summed E-state index contributed by atoms with van der Waals surface area (Å²) in [4.78, 5) is 11.0. The summed E-state index contributed by atoms with van der Waals surface area (Å²) < 4.78 is 0. The van der Waals surface area contributed by atoms with Gasteiger partial charge in [-0.2, -0.15) is 0 Å². The highest BCUT2D eigenvalue weighted by Crippen LogP contribution is 2.68. The van der Waals surface area contributed by atoms with Crippen LogP contribution in [0.25, 0.3) is 0 Å². The van der Waals surface area contributed by atoms with Crippen molar-refractivity contribution in [3.8, 4) is 0 Å². The number of rotatable bonds is 4. The molecule has 0 aromatic rings. The van der Waals surface area contributed by atoms with Crippen molar-refractivity contribution in [3.63, 3.8) is 0 Å². The maximum Gasteiger partial charge on any atom is 0.303 e. The van der Waals surface area contributed by atoms with Crippen molar-refractivity contribution in [1.82, 2.24) is 0 Å². The van der Waals surface area contributed by atoms with Crippen molar-refractivity contribution in [2.45, 2.75) is 97.5 Å². The lowest BCUT2D eigenvalue weighted by molar-refractivity contribution is -0.164. The Hall–Kier alpha value is -0.570. The topological polar surface area (TPSA) is 57.5 Å². The van der Waals surface area contributed by atoms with Crippen LogP contribution in [0.2, 0.25) is 0 Å². The van der Waals surface area contributed by atoms with Gasteiger partial charge in [0.15, 0.2) is 0 Å². The predicted octanol–water partition coefficient (Wildman–Crippen LogP) is 5.51. The van der Waals surface area contributed by atoms with E-state index in [1.54, 1.807) is 0 Å². The lowest BCUT2D eigenvalue weighted by Crippen LogP contribution is -2.57. The normalized spacial score (nSPS) is 50.4. The zero-order chi connectivity index (χ0) is 19.4. The van der Waals surface area contributed by atoms with Gasteiger partial charge in [0.25, 0.3) is 0 Å². The van der Waals surface area contributed by atoms with Gasteiger partial charge in [-0.05, 0) is 97.7 Å². The highest BCUT2D eigenvalue weighted by molar-refractivity contribution is 5.66. The zero-order valence-electron chi connectivity index (χ0n) is 17.6. The largest absolute Gasteiger partial charge is 0.481 e. The Balaban J connectivity index is 1.56. The standard InChI is InChI=1S/C24H40O3/c1-15(7-10-21(26)27)17-8-9-18-22-19(11-13-24(17,18)3)23(2)12-5-4-6-16(23)14-20(22)25/h15-20,22,25H,4-14H2,1-3H3,(H,26,27)/t15-,16+,17-,18+,19+,20-,22-,23+,24-/m1/s1. The molecule has 4 aliphatic carbocycles. The van der Waals surface area contributed by atoms with E-state index in [1.807, 2.05) is 0 Å². The van der Waals surface area contributed by atoms with Crippen molar-refractivity contribution >= 4 is 5.97 Å². The van der Waals surface area contributed by atoms with E-state index >= 15 is 0 Å². The van der Waals surface area contributed by atoms with Gasteiger partial charge in [0.1, 0.15) is 0 Å². The van der Waals surface area contributed by atoms with Crippen LogP contribution in [0, 0.1) is 46.3 Å². The molecule has 0 aromatic carbocycles. The molecule has 0 radical (unpaired) electrons. The quantitative estimate of drug-likeness (QED) is 0.680. The fraction of sp³-hybridized carbons (Fsp3) is 0.958. The second-order valence-electron chi connectivity index (χ2n) is 11.2. The number of hydrogen-bond acceptors (Lipinski definition) is 2. The summed E-state index contributed by atoms with van der Waals surface area (Å²) in [5.74, 6) is 3.02. The number of fused-ring (bicyclic) bond motifs is 5. The molecular formula is C24H40O3. The fourth-order valence-corrected chi connectivity index (χ4v) is 8.78. The first kappa shape index (κ1) is 19.7. The molecule has 2 N–H and O–H groups in total. The number of hydrogen-bond donors (Lipinski definition) is 2. The molecule has 4 rings (SSSR count). The van der Waals surface area contributed by atoms with Crippen molar-refractivity contribution in [1.29, 1.82) is 0 Å². The second kappa shape index (κ2) is 7.04. The van der Waals surface area contributed by atoms with Crippen LogP contribution in [-0.4, -0.2) is 22.3 Å². The molecule has 4 saturated carbocycles. The molecular weight excluding hydrogens is 336 g/mol. The molecule has 0 unspecified atom stereocenters. The third-order valence-corrected chi connectivity index (χ3v) is 10.2. The molecule has 0 spiro atoms. The van der Waals surface area contributed by atoms with E-state index in [9.17, 15) is 9.90 Å². The first-order chi connectivity index (χ1) is 12.8. The Morgan fingerprint density at radius 3 is 2.52 bits per heavy atom. The molecule has 9 atom stereocenters. The summed E-state index contributed by atoms with van der Waals surface area (Å²) in [5.41, 5.74) is 0.758. The first-order valence-corrected chi connectivity index (χ1v) is 11.7. The van der Waals surface area contributed by atoms with E-state index in [4.69, 9.17) is 5.11 Å². The van der Waals surface area contributed by atoms with Crippen LogP contribution in [0.1, 0.15) is 91.4 Å². The third-order valence-electron chi connectivity index (χ3n) is 10.2. The van der Waals surface area contributed by atoms with Gasteiger partial charge in [0.2, 0.25) is 0 Å². The van der Waals surface area contributed by atoms with Crippen molar-refractivity contribution in [2.75, 3.05) is 0 Å². The van der Waals surface area contributed by atoms with Crippen LogP contribution in [0.15, 0.2) is 0 Å². The van der Waals surface area contributed by atoms with Crippen LogP contribution < -0.4 is 0 Å². The third kappa shape index (κ3) is 3.07. The minimum atomic E-state index is -0.663. The Kier molecular flexibility index (Phi) is 5.15. The number of carbonyl (C=O) groups is 1. The number of aliphatic carboxylic acids is 1. The molecule has 0 aromatic heterocycles. The van der Waals surface area contributed by atoms with Crippen LogP contribution in [-0.2, 0) is 4.79 Å². The number of carboxylic acid groups (broad SMARTS) is 1. The maximum atomic E-state index is 11.2. The lowest BCUT2D eigenvalue weighted by Gasteiger charge is -2.62. The van der Waals surface area contributed by atoms with E-state index in [0.29, 0.717) is 46.8 Å². The number of carboxylic acids is 1. The average molecular weight is 377 g/mol. The lowest BCUT2D eigenvalue weighted by atomic mass is 9.44. The highest BCUT2D eigenvalue weighted by atomic mass is 16.4. The summed E-state index contributed by atoms with van der Waals surface area (Å²) >= 11 is 0.